The summed E-state index contributed by atoms with van der Waals surface area (Å²) < 4.78 is 4.76. The maximum absolute atomic E-state index is 11.7. The molecule has 0 amide bonds. The average molecular weight is 294 g/mol. The van der Waals surface area contributed by atoms with E-state index >= 15 is 0 Å². The number of benzene rings is 2. The maximum atomic E-state index is 11.7. The van der Waals surface area contributed by atoms with Gasteiger partial charge in [-0.2, -0.15) is 0 Å². The molecule has 0 aromatic heterocycles. The Morgan fingerprint density at radius 3 is 2.58 bits per heavy atom. The highest BCUT2D eigenvalue weighted by atomic mass is 35.5. The van der Waals surface area contributed by atoms with Crippen LogP contribution < -0.4 is 5.73 Å². The Balaban J connectivity index is 2.39. The van der Waals surface area contributed by atoms with Gasteiger partial charge < -0.3 is 10.5 Å². The van der Waals surface area contributed by atoms with Gasteiger partial charge >= 0.3 is 5.97 Å². The van der Waals surface area contributed by atoms with Crippen LogP contribution in [0.15, 0.2) is 52.3 Å². The van der Waals surface area contributed by atoms with Gasteiger partial charge in [-0.15, -0.1) is 0 Å². The van der Waals surface area contributed by atoms with Crippen LogP contribution in [-0.2, 0) is 4.74 Å². The summed E-state index contributed by atoms with van der Waals surface area (Å²) in [5.41, 5.74) is 6.94. The fourth-order valence-corrected chi connectivity index (χ4v) is 2.80. The van der Waals surface area contributed by atoms with Crippen LogP contribution in [0.1, 0.15) is 10.4 Å². The predicted molar refractivity (Wildman–Crippen MR) is 77.8 cm³/mol. The minimum absolute atomic E-state index is 0.372. The molecular weight excluding hydrogens is 282 g/mol. The molecule has 0 atom stereocenters. The van der Waals surface area contributed by atoms with Crippen molar-refractivity contribution in [2.75, 3.05) is 12.8 Å². The summed E-state index contributed by atoms with van der Waals surface area (Å²) in [7, 11) is 1.36. The van der Waals surface area contributed by atoms with Gasteiger partial charge in [-0.1, -0.05) is 41.6 Å². The lowest BCUT2D eigenvalue weighted by Crippen LogP contribution is -2.02. The van der Waals surface area contributed by atoms with Crippen LogP contribution in [0.25, 0.3) is 0 Å². The van der Waals surface area contributed by atoms with Crippen molar-refractivity contribution < 1.29 is 9.53 Å². The monoisotopic (exact) mass is 293 g/mol. The summed E-state index contributed by atoms with van der Waals surface area (Å²) in [6.45, 7) is 0. The Kier molecular flexibility index (Phi) is 4.35. The van der Waals surface area contributed by atoms with Gasteiger partial charge in [-0.05, 0) is 24.3 Å². The van der Waals surface area contributed by atoms with Crippen molar-refractivity contribution in [2.45, 2.75) is 9.79 Å². The molecule has 3 nitrogen and oxygen atoms in total. The fourth-order valence-electron chi connectivity index (χ4n) is 1.56. The van der Waals surface area contributed by atoms with Gasteiger partial charge in [0.2, 0.25) is 0 Å². The second-order valence-corrected chi connectivity index (χ2v) is 5.23. The van der Waals surface area contributed by atoms with E-state index in [1.807, 2.05) is 24.3 Å². The number of rotatable bonds is 3. The summed E-state index contributed by atoms with van der Waals surface area (Å²) in [4.78, 5) is 13.3. The van der Waals surface area contributed by atoms with Crippen molar-refractivity contribution in [2.24, 2.45) is 0 Å². The molecule has 0 saturated carbocycles. The molecule has 2 aromatic carbocycles. The molecule has 19 heavy (non-hydrogen) atoms. The Hall–Kier alpha value is -1.65. The van der Waals surface area contributed by atoms with Crippen molar-refractivity contribution in [3.05, 3.63) is 53.1 Å². The number of hydrogen-bond acceptors (Lipinski definition) is 4. The SMILES string of the molecule is COC(=O)c1ccccc1Sc1cccc(Cl)c1N. The Morgan fingerprint density at radius 2 is 1.84 bits per heavy atom. The van der Waals surface area contributed by atoms with E-state index in [1.54, 1.807) is 18.2 Å². The van der Waals surface area contributed by atoms with Crippen molar-refractivity contribution in [3.63, 3.8) is 0 Å². The number of carbonyl (C=O) groups is 1. The maximum Gasteiger partial charge on any atom is 0.339 e. The van der Waals surface area contributed by atoms with Gasteiger partial charge in [0, 0.05) is 9.79 Å². The number of ether oxygens (including phenoxy) is 1. The van der Waals surface area contributed by atoms with Crippen LogP contribution in [0.3, 0.4) is 0 Å². The molecule has 0 fully saturated rings. The number of anilines is 1. The molecule has 0 radical (unpaired) electrons. The molecule has 0 heterocycles. The van der Waals surface area contributed by atoms with E-state index in [9.17, 15) is 4.79 Å². The lowest BCUT2D eigenvalue weighted by atomic mass is 10.2. The highest BCUT2D eigenvalue weighted by molar-refractivity contribution is 7.99. The third-order valence-electron chi connectivity index (χ3n) is 2.53. The summed E-state index contributed by atoms with van der Waals surface area (Å²) >= 11 is 7.37. The van der Waals surface area contributed by atoms with E-state index < -0.39 is 0 Å². The van der Waals surface area contributed by atoms with Crippen LogP contribution in [-0.4, -0.2) is 13.1 Å². The number of nitrogens with two attached hydrogens (primary N) is 1. The smallest absolute Gasteiger partial charge is 0.339 e. The number of carbonyl (C=O) groups excluding carboxylic acids is 1. The predicted octanol–water partition coefficient (Wildman–Crippen LogP) is 3.86. The molecule has 2 rings (SSSR count). The number of esters is 1. The van der Waals surface area contributed by atoms with Gasteiger partial charge in [-0.25, -0.2) is 4.79 Å². The molecule has 0 aliphatic carbocycles. The Labute approximate surface area is 120 Å². The summed E-state index contributed by atoms with van der Waals surface area (Å²) in [6.07, 6.45) is 0. The number of methoxy groups -OCH3 is 1. The quantitative estimate of drug-likeness (QED) is 0.689. The van der Waals surface area contributed by atoms with Crippen molar-refractivity contribution in [1.82, 2.24) is 0 Å². The van der Waals surface area contributed by atoms with E-state index in [-0.39, 0.29) is 5.97 Å². The molecule has 2 N–H and O–H groups in total. The molecule has 0 aliphatic heterocycles. The zero-order valence-electron chi connectivity index (χ0n) is 10.2. The summed E-state index contributed by atoms with van der Waals surface area (Å²) in [5, 5.41) is 0.501. The lowest BCUT2D eigenvalue weighted by molar-refractivity contribution is 0.0597. The topological polar surface area (TPSA) is 52.3 Å². The van der Waals surface area contributed by atoms with E-state index in [4.69, 9.17) is 22.1 Å². The Morgan fingerprint density at radius 1 is 1.16 bits per heavy atom. The highest BCUT2D eigenvalue weighted by Gasteiger charge is 2.13. The minimum Gasteiger partial charge on any atom is -0.465 e. The second-order valence-electron chi connectivity index (χ2n) is 3.74. The Bertz CT molecular complexity index is 616. The standard InChI is InChI=1S/C14H12ClNO2S/c1-18-14(17)9-5-2-3-7-11(9)19-12-8-4-6-10(15)13(12)16/h2-8H,16H2,1H3. The van der Waals surface area contributed by atoms with Gasteiger partial charge in [0.1, 0.15) is 0 Å². The largest absolute Gasteiger partial charge is 0.465 e. The van der Waals surface area contributed by atoms with Gasteiger partial charge in [0.15, 0.2) is 0 Å². The molecule has 0 saturated heterocycles. The lowest BCUT2D eigenvalue weighted by Gasteiger charge is -2.09. The summed E-state index contributed by atoms with van der Waals surface area (Å²) in [6, 6.07) is 12.6. The summed E-state index contributed by atoms with van der Waals surface area (Å²) in [5.74, 6) is -0.372. The van der Waals surface area contributed by atoms with Gasteiger partial charge in [0.25, 0.3) is 0 Å². The molecule has 98 valence electrons. The molecular formula is C14H12ClNO2S. The van der Waals surface area contributed by atoms with Crippen molar-refractivity contribution in [1.29, 1.82) is 0 Å². The first kappa shape index (κ1) is 13.8. The molecule has 0 bridgehead atoms. The third kappa shape index (κ3) is 3.03. The van der Waals surface area contributed by atoms with Crippen LogP contribution in [0, 0.1) is 0 Å². The highest BCUT2D eigenvalue weighted by Crippen LogP contribution is 2.37. The number of halogens is 1. The third-order valence-corrected chi connectivity index (χ3v) is 4.01. The first-order valence-electron chi connectivity index (χ1n) is 5.52. The number of para-hydroxylation sites is 1. The van der Waals surface area contributed by atoms with Crippen LogP contribution >= 0.6 is 23.4 Å². The van der Waals surface area contributed by atoms with E-state index in [1.165, 1.54) is 18.9 Å². The van der Waals surface area contributed by atoms with E-state index in [0.29, 0.717) is 16.3 Å². The molecule has 0 spiro atoms. The first-order valence-corrected chi connectivity index (χ1v) is 6.72. The van der Waals surface area contributed by atoms with Crippen molar-refractivity contribution >= 4 is 35.0 Å². The fraction of sp³-hybridized carbons (Fsp3) is 0.0714. The average Bonchev–Trinajstić information content (AvgIpc) is 2.43. The minimum atomic E-state index is -0.372. The van der Waals surface area contributed by atoms with E-state index in [0.717, 1.165) is 9.79 Å². The molecule has 0 unspecified atom stereocenters. The number of nitrogen functional groups attached to an aromatic ring is 1. The van der Waals surface area contributed by atoms with Crippen LogP contribution in [0.4, 0.5) is 5.69 Å². The van der Waals surface area contributed by atoms with Crippen LogP contribution in [0.2, 0.25) is 5.02 Å². The molecule has 5 heteroatoms. The second kappa shape index (κ2) is 5.99. The normalized spacial score (nSPS) is 10.2. The van der Waals surface area contributed by atoms with Crippen LogP contribution in [0.5, 0.6) is 0 Å². The zero-order valence-corrected chi connectivity index (χ0v) is 11.8. The number of hydrogen-bond donors (Lipinski definition) is 1. The first-order chi connectivity index (χ1) is 9.13. The van der Waals surface area contributed by atoms with Crippen molar-refractivity contribution in [3.8, 4) is 0 Å². The van der Waals surface area contributed by atoms with E-state index in [2.05, 4.69) is 0 Å². The van der Waals surface area contributed by atoms with Gasteiger partial charge in [-0.3, -0.25) is 0 Å². The van der Waals surface area contributed by atoms with Gasteiger partial charge in [0.05, 0.1) is 23.4 Å². The zero-order chi connectivity index (χ0) is 13.8. The molecule has 2 aromatic rings. The molecule has 0 aliphatic rings.